The Bertz CT molecular complexity index is 583. The summed E-state index contributed by atoms with van der Waals surface area (Å²) in [6.45, 7) is 6.73. The van der Waals surface area contributed by atoms with Crippen LogP contribution in [0.25, 0.3) is 0 Å². The van der Waals surface area contributed by atoms with Crippen molar-refractivity contribution in [3.8, 4) is 0 Å². The number of nitrogens with one attached hydrogen (secondary N) is 1. The highest BCUT2D eigenvalue weighted by atomic mass is 15.4. The molecule has 6 heteroatoms. The second kappa shape index (κ2) is 4.60. The SMILES string of the molecule is Cc1cc(C)nc(N[C@@H]2CCc3nc(C)nn3C2)n1. The summed E-state index contributed by atoms with van der Waals surface area (Å²) in [6.07, 6.45) is 1.98. The van der Waals surface area contributed by atoms with Crippen LogP contribution >= 0.6 is 0 Å². The molecule has 2 aromatic rings. The third-order valence-corrected chi connectivity index (χ3v) is 3.28. The van der Waals surface area contributed by atoms with Crippen LogP contribution in [-0.4, -0.2) is 30.8 Å². The average molecular weight is 258 g/mol. The molecule has 100 valence electrons. The third-order valence-electron chi connectivity index (χ3n) is 3.28. The van der Waals surface area contributed by atoms with Gasteiger partial charge in [-0.2, -0.15) is 5.10 Å². The van der Waals surface area contributed by atoms with Crippen molar-refractivity contribution in [1.82, 2.24) is 24.7 Å². The summed E-state index contributed by atoms with van der Waals surface area (Å²) in [7, 11) is 0. The molecule has 3 heterocycles. The third kappa shape index (κ3) is 2.57. The monoisotopic (exact) mass is 258 g/mol. The highest BCUT2D eigenvalue weighted by molar-refractivity contribution is 5.29. The summed E-state index contributed by atoms with van der Waals surface area (Å²) in [5.74, 6) is 2.64. The molecular formula is C13H18N6. The fraction of sp³-hybridized carbons (Fsp3) is 0.538. The first-order valence-electron chi connectivity index (χ1n) is 6.59. The summed E-state index contributed by atoms with van der Waals surface area (Å²) in [4.78, 5) is 13.3. The van der Waals surface area contributed by atoms with Crippen LogP contribution in [0.3, 0.4) is 0 Å². The maximum Gasteiger partial charge on any atom is 0.223 e. The predicted octanol–water partition coefficient (Wildman–Crippen LogP) is 1.42. The van der Waals surface area contributed by atoms with Crippen LogP contribution in [0, 0.1) is 20.8 Å². The lowest BCUT2D eigenvalue weighted by Crippen LogP contribution is -2.32. The summed E-state index contributed by atoms with van der Waals surface area (Å²) < 4.78 is 1.99. The van der Waals surface area contributed by atoms with Gasteiger partial charge in [-0.3, -0.25) is 0 Å². The van der Waals surface area contributed by atoms with Crippen molar-refractivity contribution < 1.29 is 0 Å². The van der Waals surface area contributed by atoms with Crippen LogP contribution in [0.5, 0.6) is 0 Å². The Hall–Kier alpha value is -1.98. The number of hydrogen-bond acceptors (Lipinski definition) is 5. The molecule has 0 aromatic carbocycles. The maximum absolute atomic E-state index is 4.42. The van der Waals surface area contributed by atoms with Gasteiger partial charge in [0.05, 0.1) is 6.54 Å². The number of aromatic nitrogens is 5. The second-order valence-electron chi connectivity index (χ2n) is 5.11. The van der Waals surface area contributed by atoms with Gasteiger partial charge >= 0.3 is 0 Å². The van der Waals surface area contributed by atoms with Crippen molar-refractivity contribution in [3.63, 3.8) is 0 Å². The molecule has 3 rings (SSSR count). The van der Waals surface area contributed by atoms with Gasteiger partial charge < -0.3 is 5.32 Å². The summed E-state index contributed by atoms with van der Waals surface area (Å²) in [5.41, 5.74) is 1.98. The Kier molecular flexibility index (Phi) is 2.93. The fourth-order valence-corrected chi connectivity index (χ4v) is 2.52. The minimum atomic E-state index is 0.315. The zero-order valence-electron chi connectivity index (χ0n) is 11.5. The van der Waals surface area contributed by atoms with E-state index >= 15 is 0 Å². The minimum Gasteiger partial charge on any atom is -0.350 e. The van der Waals surface area contributed by atoms with Crippen molar-refractivity contribution in [2.45, 2.75) is 46.2 Å². The molecule has 0 radical (unpaired) electrons. The van der Waals surface area contributed by atoms with Crippen molar-refractivity contribution in [3.05, 3.63) is 29.1 Å². The van der Waals surface area contributed by atoms with E-state index in [1.165, 1.54) is 0 Å². The zero-order valence-corrected chi connectivity index (χ0v) is 11.5. The van der Waals surface area contributed by atoms with E-state index in [0.29, 0.717) is 12.0 Å². The van der Waals surface area contributed by atoms with Crippen LogP contribution in [0.4, 0.5) is 5.95 Å². The maximum atomic E-state index is 4.42. The molecule has 19 heavy (non-hydrogen) atoms. The lowest BCUT2D eigenvalue weighted by Gasteiger charge is -2.23. The van der Waals surface area contributed by atoms with Gasteiger partial charge in [0.15, 0.2) is 0 Å². The molecule has 0 bridgehead atoms. The van der Waals surface area contributed by atoms with Gasteiger partial charge in [0.2, 0.25) is 5.95 Å². The summed E-state index contributed by atoms with van der Waals surface area (Å²) in [5, 5.41) is 7.80. The Morgan fingerprint density at radius 1 is 1.16 bits per heavy atom. The Balaban J connectivity index is 1.75. The molecule has 0 saturated heterocycles. The van der Waals surface area contributed by atoms with Gasteiger partial charge in [0.25, 0.3) is 0 Å². The van der Waals surface area contributed by atoms with E-state index in [0.717, 1.165) is 42.4 Å². The molecule has 0 aliphatic carbocycles. The van der Waals surface area contributed by atoms with Gasteiger partial charge in [0, 0.05) is 23.9 Å². The molecule has 2 aromatic heterocycles. The number of nitrogens with zero attached hydrogens (tertiary/aromatic N) is 5. The first-order chi connectivity index (χ1) is 9.10. The Labute approximate surface area is 112 Å². The van der Waals surface area contributed by atoms with Crippen LogP contribution < -0.4 is 5.32 Å². The molecule has 1 atom stereocenters. The molecule has 0 saturated carbocycles. The van der Waals surface area contributed by atoms with Gasteiger partial charge in [0.1, 0.15) is 11.6 Å². The topological polar surface area (TPSA) is 68.5 Å². The van der Waals surface area contributed by atoms with E-state index in [2.05, 4.69) is 25.4 Å². The van der Waals surface area contributed by atoms with E-state index in [-0.39, 0.29) is 0 Å². The predicted molar refractivity (Wildman–Crippen MR) is 72.0 cm³/mol. The summed E-state index contributed by atoms with van der Waals surface area (Å²) in [6, 6.07) is 2.29. The van der Waals surface area contributed by atoms with E-state index in [4.69, 9.17) is 0 Å². The molecule has 1 aliphatic rings. The Morgan fingerprint density at radius 2 is 1.89 bits per heavy atom. The molecule has 0 unspecified atom stereocenters. The van der Waals surface area contributed by atoms with Crippen molar-refractivity contribution >= 4 is 5.95 Å². The lowest BCUT2D eigenvalue weighted by molar-refractivity contribution is 0.439. The highest BCUT2D eigenvalue weighted by Gasteiger charge is 2.21. The molecule has 0 amide bonds. The van der Waals surface area contributed by atoms with Gasteiger partial charge in [-0.05, 0) is 33.3 Å². The molecule has 1 N–H and O–H groups in total. The van der Waals surface area contributed by atoms with Gasteiger partial charge in [-0.15, -0.1) is 0 Å². The summed E-state index contributed by atoms with van der Waals surface area (Å²) >= 11 is 0. The van der Waals surface area contributed by atoms with Crippen LogP contribution in [0.1, 0.15) is 29.5 Å². The first kappa shape index (κ1) is 12.1. The number of fused-ring (bicyclic) bond motifs is 1. The smallest absolute Gasteiger partial charge is 0.223 e. The lowest BCUT2D eigenvalue weighted by atomic mass is 10.1. The number of anilines is 1. The van der Waals surface area contributed by atoms with Crippen molar-refractivity contribution in [2.75, 3.05) is 5.32 Å². The quantitative estimate of drug-likeness (QED) is 0.882. The molecule has 1 aliphatic heterocycles. The second-order valence-corrected chi connectivity index (χ2v) is 5.11. The van der Waals surface area contributed by atoms with Crippen molar-refractivity contribution in [2.24, 2.45) is 0 Å². The van der Waals surface area contributed by atoms with Crippen LogP contribution in [0.15, 0.2) is 6.07 Å². The molecule has 6 nitrogen and oxygen atoms in total. The van der Waals surface area contributed by atoms with Crippen LogP contribution in [-0.2, 0) is 13.0 Å². The molecular weight excluding hydrogens is 240 g/mol. The average Bonchev–Trinajstić information content (AvgIpc) is 2.67. The standard InChI is InChI=1S/C13H18N6/c1-8-6-9(2)15-13(14-8)17-11-4-5-12-16-10(3)18-19(12)7-11/h6,11H,4-5,7H2,1-3H3,(H,14,15,17)/t11-/m1/s1. The van der Waals surface area contributed by atoms with Crippen LogP contribution in [0.2, 0.25) is 0 Å². The number of rotatable bonds is 2. The number of hydrogen-bond donors (Lipinski definition) is 1. The molecule has 0 fully saturated rings. The highest BCUT2D eigenvalue weighted by Crippen LogP contribution is 2.16. The fourth-order valence-electron chi connectivity index (χ4n) is 2.52. The van der Waals surface area contributed by atoms with E-state index < -0.39 is 0 Å². The first-order valence-corrected chi connectivity index (χ1v) is 6.59. The van der Waals surface area contributed by atoms with Gasteiger partial charge in [-0.25, -0.2) is 19.6 Å². The van der Waals surface area contributed by atoms with E-state index in [1.807, 2.05) is 31.5 Å². The van der Waals surface area contributed by atoms with Gasteiger partial charge in [-0.1, -0.05) is 0 Å². The Morgan fingerprint density at radius 3 is 2.63 bits per heavy atom. The van der Waals surface area contributed by atoms with E-state index in [9.17, 15) is 0 Å². The largest absolute Gasteiger partial charge is 0.350 e. The zero-order chi connectivity index (χ0) is 13.4. The van der Waals surface area contributed by atoms with E-state index in [1.54, 1.807) is 0 Å². The number of aryl methyl sites for hydroxylation is 4. The normalized spacial score (nSPS) is 18.2. The van der Waals surface area contributed by atoms with Crippen molar-refractivity contribution in [1.29, 1.82) is 0 Å². The minimum absolute atomic E-state index is 0.315. The molecule has 0 spiro atoms.